The minimum absolute atomic E-state index is 0.575. The highest BCUT2D eigenvalue weighted by Crippen LogP contribution is 2.27. The lowest BCUT2D eigenvalue weighted by Gasteiger charge is -2.07. The van der Waals surface area contributed by atoms with Gasteiger partial charge in [-0.3, -0.25) is 4.98 Å². The summed E-state index contributed by atoms with van der Waals surface area (Å²) in [5, 5.41) is 9.63. The molecule has 0 aliphatic heterocycles. The van der Waals surface area contributed by atoms with Gasteiger partial charge < -0.3 is 0 Å². The van der Waals surface area contributed by atoms with Crippen molar-refractivity contribution in [3.8, 4) is 17.2 Å². The van der Waals surface area contributed by atoms with E-state index >= 15 is 0 Å². The van der Waals surface area contributed by atoms with Crippen molar-refractivity contribution in [3.63, 3.8) is 0 Å². The lowest BCUT2D eigenvalue weighted by molar-refractivity contribution is 1.11. The molecule has 2 nitrogen and oxygen atoms in total. The number of nitrogens with zero attached hydrogens (tertiary/aromatic N) is 2. The molecule has 90 valence electrons. The summed E-state index contributed by atoms with van der Waals surface area (Å²) in [5.74, 6) is 0. The molecule has 0 N–H and O–H groups in total. The molecular formula is C15H14N2S. The van der Waals surface area contributed by atoms with Crippen LogP contribution >= 0.6 is 11.8 Å². The standard InChI is InChI=1S/C15H14N2S/c1-11(2)18-14-5-3-12(4-6-14)15-7-8-17-10-13(15)9-16/h3-8,10-11H,1-2H3. The van der Waals surface area contributed by atoms with Crippen molar-refractivity contribution in [1.82, 2.24) is 4.98 Å². The predicted octanol–water partition coefficient (Wildman–Crippen LogP) is 4.12. The first-order chi connectivity index (χ1) is 8.70. The van der Waals surface area contributed by atoms with Crippen molar-refractivity contribution in [2.75, 3.05) is 0 Å². The molecule has 0 bridgehead atoms. The van der Waals surface area contributed by atoms with Crippen molar-refractivity contribution >= 4 is 11.8 Å². The van der Waals surface area contributed by atoms with E-state index in [1.807, 2.05) is 17.8 Å². The number of rotatable bonds is 3. The summed E-state index contributed by atoms with van der Waals surface area (Å²) in [4.78, 5) is 5.22. The molecule has 0 atom stereocenters. The van der Waals surface area contributed by atoms with Crippen LogP contribution in [-0.2, 0) is 0 Å². The third kappa shape index (κ3) is 2.91. The minimum atomic E-state index is 0.575. The van der Waals surface area contributed by atoms with Crippen molar-refractivity contribution in [1.29, 1.82) is 5.26 Å². The van der Waals surface area contributed by atoms with Crippen LogP contribution in [0, 0.1) is 11.3 Å². The summed E-state index contributed by atoms with van der Waals surface area (Å²) in [5.41, 5.74) is 2.61. The van der Waals surface area contributed by atoms with E-state index in [4.69, 9.17) is 5.26 Å². The molecule has 0 unspecified atom stereocenters. The maximum atomic E-state index is 9.06. The Hall–Kier alpha value is -1.79. The molecule has 0 radical (unpaired) electrons. The van der Waals surface area contributed by atoms with Crippen LogP contribution in [0.25, 0.3) is 11.1 Å². The van der Waals surface area contributed by atoms with Crippen LogP contribution in [0.15, 0.2) is 47.6 Å². The van der Waals surface area contributed by atoms with Gasteiger partial charge in [0.05, 0.1) is 5.56 Å². The van der Waals surface area contributed by atoms with E-state index in [1.54, 1.807) is 12.4 Å². The Morgan fingerprint density at radius 2 is 1.89 bits per heavy atom. The fourth-order valence-corrected chi connectivity index (χ4v) is 2.56. The summed E-state index contributed by atoms with van der Waals surface area (Å²) in [6.07, 6.45) is 3.32. The Kier molecular flexibility index (Phi) is 4.01. The van der Waals surface area contributed by atoms with E-state index in [-0.39, 0.29) is 0 Å². The van der Waals surface area contributed by atoms with Crippen LogP contribution in [0.4, 0.5) is 0 Å². The lowest BCUT2D eigenvalue weighted by atomic mass is 10.0. The van der Waals surface area contributed by atoms with Crippen LogP contribution in [0.3, 0.4) is 0 Å². The number of benzene rings is 1. The summed E-state index contributed by atoms with van der Waals surface area (Å²) >= 11 is 1.83. The van der Waals surface area contributed by atoms with E-state index in [0.717, 1.165) is 11.1 Å². The molecule has 2 rings (SSSR count). The maximum Gasteiger partial charge on any atom is 0.101 e. The van der Waals surface area contributed by atoms with E-state index in [9.17, 15) is 0 Å². The van der Waals surface area contributed by atoms with E-state index in [2.05, 4.69) is 49.2 Å². The molecule has 18 heavy (non-hydrogen) atoms. The Morgan fingerprint density at radius 3 is 2.50 bits per heavy atom. The van der Waals surface area contributed by atoms with Crippen molar-refractivity contribution < 1.29 is 0 Å². The highest BCUT2D eigenvalue weighted by molar-refractivity contribution is 7.99. The van der Waals surface area contributed by atoms with Crippen LogP contribution in [0.1, 0.15) is 19.4 Å². The summed E-state index contributed by atoms with van der Waals surface area (Å²) in [6.45, 7) is 4.35. The molecule has 3 heteroatoms. The average molecular weight is 254 g/mol. The fraction of sp³-hybridized carbons (Fsp3) is 0.200. The first kappa shape index (κ1) is 12.7. The molecule has 0 fully saturated rings. The fourth-order valence-electron chi connectivity index (χ4n) is 1.72. The molecule has 0 amide bonds. The van der Waals surface area contributed by atoms with Gasteiger partial charge in [0.2, 0.25) is 0 Å². The molecule has 1 aromatic carbocycles. The highest BCUT2D eigenvalue weighted by atomic mass is 32.2. The molecular weight excluding hydrogens is 240 g/mol. The van der Waals surface area contributed by atoms with Gasteiger partial charge in [0, 0.05) is 28.1 Å². The molecule has 0 saturated heterocycles. The third-order valence-electron chi connectivity index (χ3n) is 2.48. The van der Waals surface area contributed by atoms with Gasteiger partial charge >= 0.3 is 0 Å². The van der Waals surface area contributed by atoms with E-state index in [1.165, 1.54) is 4.90 Å². The van der Waals surface area contributed by atoms with Crippen LogP contribution < -0.4 is 0 Å². The topological polar surface area (TPSA) is 36.7 Å². The summed E-state index contributed by atoms with van der Waals surface area (Å²) < 4.78 is 0. The largest absolute Gasteiger partial charge is 0.263 e. The summed E-state index contributed by atoms with van der Waals surface area (Å²) in [6, 6.07) is 12.4. The lowest BCUT2D eigenvalue weighted by Crippen LogP contribution is -1.87. The average Bonchev–Trinajstić information content (AvgIpc) is 2.39. The number of pyridine rings is 1. The second-order valence-corrected chi connectivity index (χ2v) is 5.87. The molecule has 0 aliphatic carbocycles. The predicted molar refractivity (Wildman–Crippen MR) is 75.4 cm³/mol. The van der Waals surface area contributed by atoms with Crippen molar-refractivity contribution in [2.45, 2.75) is 24.0 Å². The number of aromatic nitrogens is 1. The number of hydrogen-bond acceptors (Lipinski definition) is 3. The SMILES string of the molecule is CC(C)Sc1ccc(-c2ccncc2C#N)cc1. The van der Waals surface area contributed by atoms with Crippen LogP contribution in [0.2, 0.25) is 0 Å². The molecule has 1 aromatic heterocycles. The number of hydrogen-bond donors (Lipinski definition) is 0. The third-order valence-corrected chi connectivity index (χ3v) is 3.49. The smallest absolute Gasteiger partial charge is 0.101 e. The maximum absolute atomic E-state index is 9.06. The Labute approximate surface area is 112 Å². The first-order valence-corrected chi connectivity index (χ1v) is 6.70. The van der Waals surface area contributed by atoms with Gasteiger partial charge in [-0.05, 0) is 23.8 Å². The van der Waals surface area contributed by atoms with Gasteiger partial charge in [-0.15, -0.1) is 11.8 Å². The monoisotopic (exact) mass is 254 g/mol. The van der Waals surface area contributed by atoms with Gasteiger partial charge in [0.15, 0.2) is 0 Å². The van der Waals surface area contributed by atoms with Gasteiger partial charge in [0.1, 0.15) is 6.07 Å². The summed E-state index contributed by atoms with van der Waals surface area (Å²) in [7, 11) is 0. The van der Waals surface area contributed by atoms with E-state index in [0.29, 0.717) is 10.8 Å². The van der Waals surface area contributed by atoms with Gasteiger partial charge in [-0.2, -0.15) is 5.26 Å². The van der Waals surface area contributed by atoms with E-state index < -0.39 is 0 Å². The van der Waals surface area contributed by atoms with Gasteiger partial charge in [-0.25, -0.2) is 0 Å². The normalized spacial score (nSPS) is 10.3. The molecule has 0 saturated carbocycles. The zero-order chi connectivity index (χ0) is 13.0. The molecule has 0 spiro atoms. The van der Waals surface area contributed by atoms with Crippen molar-refractivity contribution in [2.24, 2.45) is 0 Å². The quantitative estimate of drug-likeness (QED) is 0.773. The second-order valence-electron chi connectivity index (χ2n) is 4.22. The Balaban J connectivity index is 2.32. The van der Waals surface area contributed by atoms with Crippen LogP contribution in [-0.4, -0.2) is 10.2 Å². The van der Waals surface area contributed by atoms with Crippen LogP contribution in [0.5, 0.6) is 0 Å². The van der Waals surface area contributed by atoms with Gasteiger partial charge in [-0.1, -0.05) is 26.0 Å². The van der Waals surface area contributed by atoms with Gasteiger partial charge in [0.25, 0.3) is 0 Å². The molecule has 1 heterocycles. The van der Waals surface area contributed by atoms with Crippen molar-refractivity contribution in [3.05, 3.63) is 48.3 Å². The zero-order valence-corrected chi connectivity index (χ0v) is 11.2. The second kappa shape index (κ2) is 5.70. The zero-order valence-electron chi connectivity index (χ0n) is 10.4. The number of nitriles is 1. The first-order valence-electron chi connectivity index (χ1n) is 5.82. The Morgan fingerprint density at radius 1 is 1.17 bits per heavy atom. The minimum Gasteiger partial charge on any atom is -0.263 e. The Bertz CT molecular complexity index is 568. The molecule has 2 aromatic rings. The number of thioether (sulfide) groups is 1. The highest BCUT2D eigenvalue weighted by Gasteiger charge is 2.05. The molecule has 0 aliphatic rings.